The predicted molar refractivity (Wildman–Crippen MR) is 94.7 cm³/mol. The molecule has 3 rings (SSSR count). The maximum Gasteiger partial charge on any atom is 0.223 e. The standard InChI is InChI=1S/C18H29N5O/c24-17(22-16-9-12-19-13-16)14-5-1-2-7-15(8-3-6-14)23-18-20-10-4-11-21-18/h4,10-11,14-16,19H,1-3,5-9,12-13H2,(H,22,24)(H,20,21,23)/t14?,15?,16-/m1/s1. The lowest BCUT2D eigenvalue weighted by molar-refractivity contribution is -0.126. The van der Waals surface area contributed by atoms with Crippen molar-refractivity contribution < 1.29 is 4.79 Å². The lowest BCUT2D eigenvalue weighted by Crippen LogP contribution is -2.40. The van der Waals surface area contributed by atoms with Crippen molar-refractivity contribution in [2.24, 2.45) is 5.92 Å². The van der Waals surface area contributed by atoms with Gasteiger partial charge in [-0.15, -0.1) is 0 Å². The monoisotopic (exact) mass is 331 g/mol. The van der Waals surface area contributed by atoms with Gasteiger partial charge in [-0.1, -0.05) is 19.3 Å². The number of hydrogen-bond acceptors (Lipinski definition) is 5. The van der Waals surface area contributed by atoms with Crippen LogP contribution in [0.3, 0.4) is 0 Å². The molecule has 1 aliphatic carbocycles. The number of hydrogen-bond donors (Lipinski definition) is 3. The van der Waals surface area contributed by atoms with Gasteiger partial charge in [0.05, 0.1) is 0 Å². The summed E-state index contributed by atoms with van der Waals surface area (Å²) in [4.78, 5) is 21.0. The van der Waals surface area contributed by atoms with E-state index in [0.29, 0.717) is 18.0 Å². The second kappa shape index (κ2) is 8.97. The first-order chi connectivity index (χ1) is 11.8. The van der Waals surface area contributed by atoms with E-state index in [4.69, 9.17) is 0 Å². The number of carbonyl (C=O) groups is 1. The van der Waals surface area contributed by atoms with Gasteiger partial charge in [-0.05, 0) is 44.7 Å². The molecule has 24 heavy (non-hydrogen) atoms. The third kappa shape index (κ3) is 5.16. The summed E-state index contributed by atoms with van der Waals surface area (Å²) in [5, 5.41) is 9.99. The molecule has 1 amide bonds. The molecule has 0 bridgehead atoms. The first kappa shape index (κ1) is 17.1. The molecule has 1 aliphatic heterocycles. The van der Waals surface area contributed by atoms with Crippen LogP contribution in [-0.4, -0.2) is 41.0 Å². The number of amides is 1. The number of aromatic nitrogens is 2. The van der Waals surface area contributed by atoms with E-state index in [1.165, 1.54) is 0 Å². The normalized spacial score (nSPS) is 28.4. The second-order valence-electron chi connectivity index (χ2n) is 7.02. The fraction of sp³-hybridized carbons (Fsp3) is 0.722. The van der Waals surface area contributed by atoms with Gasteiger partial charge in [0.15, 0.2) is 0 Å². The molecule has 1 aromatic rings. The van der Waals surface area contributed by atoms with E-state index >= 15 is 0 Å². The first-order valence-electron chi connectivity index (χ1n) is 9.36. The van der Waals surface area contributed by atoms with E-state index in [1.54, 1.807) is 12.4 Å². The largest absolute Gasteiger partial charge is 0.352 e. The van der Waals surface area contributed by atoms with Gasteiger partial charge >= 0.3 is 0 Å². The Labute approximate surface area is 144 Å². The molecular weight excluding hydrogens is 302 g/mol. The summed E-state index contributed by atoms with van der Waals surface area (Å²) in [5.41, 5.74) is 0. The van der Waals surface area contributed by atoms with Gasteiger partial charge in [-0.2, -0.15) is 0 Å². The van der Waals surface area contributed by atoms with Gasteiger partial charge in [0.2, 0.25) is 11.9 Å². The number of nitrogens with one attached hydrogen (secondary N) is 3. The smallest absolute Gasteiger partial charge is 0.223 e. The minimum Gasteiger partial charge on any atom is -0.352 e. The number of carbonyl (C=O) groups excluding carboxylic acids is 1. The molecule has 2 heterocycles. The number of anilines is 1. The average molecular weight is 331 g/mol. The topological polar surface area (TPSA) is 78.9 Å². The molecule has 2 aliphatic rings. The highest BCUT2D eigenvalue weighted by atomic mass is 16.1. The Bertz CT molecular complexity index is 503. The summed E-state index contributed by atoms with van der Waals surface area (Å²) in [6, 6.07) is 2.57. The maximum absolute atomic E-state index is 12.5. The van der Waals surface area contributed by atoms with Crippen LogP contribution in [0.1, 0.15) is 51.4 Å². The molecule has 2 fully saturated rings. The molecular formula is C18H29N5O. The predicted octanol–water partition coefficient (Wildman–Crippen LogP) is 2.10. The Morgan fingerprint density at radius 2 is 1.75 bits per heavy atom. The summed E-state index contributed by atoms with van der Waals surface area (Å²) >= 11 is 0. The lowest BCUT2D eigenvalue weighted by Gasteiger charge is -2.19. The van der Waals surface area contributed by atoms with Crippen molar-refractivity contribution in [2.45, 2.75) is 63.5 Å². The van der Waals surface area contributed by atoms with Crippen LogP contribution in [0.25, 0.3) is 0 Å². The zero-order valence-electron chi connectivity index (χ0n) is 14.3. The van der Waals surface area contributed by atoms with Crippen LogP contribution in [0, 0.1) is 5.92 Å². The van der Waals surface area contributed by atoms with E-state index in [-0.39, 0.29) is 11.8 Å². The highest BCUT2D eigenvalue weighted by Gasteiger charge is 2.24. The van der Waals surface area contributed by atoms with Crippen molar-refractivity contribution >= 4 is 11.9 Å². The van der Waals surface area contributed by atoms with Gasteiger partial charge in [0, 0.05) is 36.9 Å². The van der Waals surface area contributed by atoms with E-state index in [9.17, 15) is 4.79 Å². The maximum atomic E-state index is 12.5. The summed E-state index contributed by atoms with van der Waals surface area (Å²) < 4.78 is 0. The van der Waals surface area contributed by atoms with Crippen molar-refractivity contribution in [1.29, 1.82) is 0 Å². The van der Waals surface area contributed by atoms with E-state index < -0.39 is 0 Å². The van der Waals surface area contributed by atoms with Gasteiger partial charge in [0.25, 0.3) is 0 Å². The van der Waals surface area contributed by atoms with Gasteiger partial charge in [-0.25, -0.2) is 9.97 Å². The van der Waals surface area contributed by atoms with Gasteiger partial charge in [-0.3, -0.25) is 4.79 Å². The molecule has 3 atom stereocenters. The quantitative estimate of drug-likeness (QED) is 0.787. The lowest BCUT2D eigenvalue weighted by atomic mass is 9.95. The van der Waals surface area contributed by atoms with Crippen LogP contribution in [-0.2, 0) is 4.79 Å². The Balaban J connectivity index is 1.47. The molecule has 1 saturated carbocycles. The minimum atomic E-state index is 0.178. The van der Waals surface area contributed by atoms with Gasteiger partial charge < -0.3 is 16.0 Å². The Hall–Kier alpha value is -1.69. The molecule has 6 heteroatoms. The molecule has 6 nitrogen and oxygen atoms in total. The fourth-order valence-corrected chi connectivity index (χ4v) is 3.74. The Morgan fingerprint density at radius 3 is 2.54 bits per heavy atom. The third-order valence-electron chi connectivity index (χ3n) is 5.14. The van der Waals surface area contributed by atoms with Crippen LogP contribution in [0.4, 0.5) is 5.95 Å². The summed E-state index contributed by atoms with van der Waals surface area (Å²) in [6.45, 7) is 1.94. The molecule has 0 radical (unpaired) electrons. The summed E-state index contributed by atoms with van der Waals surface area (Å²) in [6.07, 6.45) is 12.1. The van der Waals surface area contributed by atoms with Crippen molar-refractivity contribution in [3.63, 3.8) is 0 Å². The molecule has 1 aromatic heterocycles. The second-order valence-corrected chi connectivity index (χ2v) is 7.02. The zero-order valence-corrected chi connectivity index (χ0v) is 14.3. The molecule has 2 unspecified atom stereocenters. The van der Waals surface area contributed by atoms with E-state index in [2.05, 4.69) is 25.9 Å². The van der Waals surface area contributed by atoms with Gasteiger partial charge in [0.1, 0.15) is 0 Å². The average Bonchev–Trinajstić information content (AvgIpc) is 3.12. The third-order valence-corrected chi connectivity index (χ3v) is 5.14. The minimum absolute atomic E-state index is 0.178. The van der Waals surface area contributed by atoms with E-state index in [1.807, 2.05) is 6.07 Å². The fourth-order valence-electron chi connectivity index (χ4n) is 3.74. The van der Waals surface area contributed by atoms with E-state index in [0.717, 1.165) is 64.5 Å². The van der Waals surface area contributed by atoms with Crippen molar-refractivity contribution in [3.05, 3.63) is 18.5 Å². The van der Waals surface area contributed by atoms with Crippen molar-refractivity contribution in [3.8, 4) is 0 Å². The number of rotatable bonds is 4. The Morgan fingerprint density at radius 1 is 1.00 bits per heavy atom. The highest BCUT2D eigenvalue weighted by Crippen LogP contribution is 2.24. The molecule has 132 valence electrons. The van der Waals surface area contributed by atoms with Crippen molar-refractivity contribution in [2.75, 3.05) is 18.4 Å². The highest BCUT2D eigenvalue weighted by molar-refractivity contribution is 5.79. The van der Waals surface area contributed by atoms with Crippen LogP contribution >= 0.6 is 0 Å². The van der Waals surface area contributed by atoms with Crippen LogP contribution in [0.15, 0.2) is 18.5 Å². The summed E-state index contributed by atoms with van der Waals surface area (Å²) in [7, 11) is 0. The Kier molecular flexibility index (Phi) is 6.41. The first-order valence-corrected chi connectivity index (χ1v) is 9.36. The van der Waals surface area contributed by atoms with Crippen LogP contribution in [0.2, 0.25) is 0 Å². The number of nitrogens with zero attached hydrogens (tertiary/aromatic N) is 2. The molecule has 3 N–H and O–H groups in total. The molecule has 1 saturated heterocycles. The molecule has 0 spiro atoms. The van der Waals surface area contributed by atoms with Crippen LogP contribution < -0.4 is 16.0 Å². The molecule has 0 aromatic carbocycles. The van der Waals surface area contributed by atoms with Crippen LogP contribution in [0.5, 0.6) is 0 Å². The van der Waals surface area contributed by atoms with Crippen molar-refractivity contribution in [1.82, 2.24) is 20.6 Å². The summed E-state index contributed by atoms with van der Waals surface area (Å²) in [5.74, 6) is 1.16. The zero-order chi connectivity index (χ0) is 16.6. The SMILES string of the molecule is O=C(N[C@@H]1CCNC1)C1CCCCC(Nc2ncccn2)CCC1.